The number of fused-ring (bicyclic) bond motifs is 1. The fraction of sp³-hybridized carbons (Fsp3) is 0.348. The van der Waals surface area contributed by atoms with Gasteiger partial charge in [-0.25, -0.2) is 4.98 Å². The van der Waals surface area contributed by atoms with Gasteiger partial charge in [0.1, 0.15) is 0 Å². The van der Waals surface area contributed by atoms with E-state index in [9.17, 15) is 9.59 Å². The quantitative estimate of drug-likeness (QED) is 0.638. The molecule has 0 bridgehead atoms. The molecule has 3 rings (SSSR count). The second-order valence-corrected chi connectivity index (χ2v) is 8.94. The Morgan fingerprint density at radius 2 is 1.76 bits per heavy atom. The van der Waals surface area contributed by atoms with Crippen LogP contribution in [0.15, 0.2) is 48.5 Å². The largest absolute Gasteiger partial charge is 0.352 e. The number of nitrogens with one attached hydrogen (secondary N) is 1. The van der Waals surface area contributed by atoms with Gasteiger partial charge in [-0.05, 0) is 42.2 Å². The minimum Gasteiger partial charge on any atom is -0.352 e. The number of para-hydroxylation sites is 1. The minimum atomic E-state index is -0.165. The summed E-state index contributed by atoms with van der Waals surface area (Å²) in [5.74, 6) is -0.212. The van der Waals surface area contributed by atoms with Crippen LogP contribution in [0.3, 0.4) is 0 Å². The lowest BCUT2D eigenvalue weighted by atomic mass is 9.87. The summed E-state index contributed by atoms with van der Waals surface area (Å²) in [5, 5.41) is 3.54. The molecule has 0 atom stereocenters. The molecule has 0 spiro atoms. The molecule has 0 fully saturated rings. The summed E-state index contributed by atoms with van der Waals surface area (Å²) in [4.78, 5) is 31.3. The van der Waals surface area contributed by atoms with Crippen molar-refractivity contribution in [3.05, 3.63) is 59.7 Å². The first-order valence-corrected chi connectivity index (χ1v) is 10.7. The van der Waals surface area contributed by atoms with Crippen LogP contribution >= 0.6 is 11.3 Å². The molecule has 1 N–H and O–H groups in total. The maximum atomic E-state index is 12.7. The van der Waals surface area contributed by atoms with E-state index in [0.29, 0.717) is 23.8 Å². The molecule has 29 heavy (non-hydrogen) atoms. The van der Waals surface area contributed by atoms with Crippen molar-refractivity contribution in [2.45, 2.75) is 39.5 Å². The summed E-state index contributed by atoms with van der Waals surface area (Å²) in [7, 11) is 0. The number of rotatable bonds is 6. The maximum Gasteiger partial charge on any atom is 0.251 e. The summed E-state index contributed by atoms with van der Waals surface area (Å²) in [6.07, 6.45) is 0.232. The van der Waals surface area contributed by atoms with Crippen LogP contribution in [0.1, 0.15) is 50.0 Å². The molecular weight excluding hydrogens is 382 g/mol. The van der Waals surface area contributed by atoms with E-state index in [0.717, 1.165) is 10.2 Å². The molecule has 0 unspecified atom stereocenters. The third-order valence-corrected chi connectivity index (χ3v) is 5.83. The Kier molecular flexibility index (Phi) is 6.33. The number of nitrogens with zero attached hydrogens (tertiary/aromatic N) is 2. The topological polar surface area (TPSA) is 62.3 Å². The molecular formula is C23H27N3O2S. The third-order valence-electron chi connectivity index (χ3n) is 4.77. The molecule has 6 heteroatoms. The number of amides is 2. The van der Waals surface area contributed by atoms with Crippen molar-refractivity contribution >= 4 is 38.5 Å². The minimum absolute atomic E-state index is 0.0464. The SMILES string of the molecule is CCN(C(=O)CCNC(=O)c1ccc(C(C)(C)C)cc1)c1nc2ccccc2s1. The highest BCUT2D eigenvalue weighted by Gasteiger charge is 2.18. The number of hydrogen-bond donors (Lipinski definition) is 1. The first-order valence-electron chi connectivity index (χ1n) is 9.84. The lowest BCUT2D eigenvalue weighted by Gasteiger charge is -2.19. The monoisotopic (exact) mass is 409 g/mol. The van der Waals surface area contributed by atoms with E-state index in [-0.39, 0.29) is 23.7 Å². The first kappa shape index (κ1) is 21.0. The Bertz CT molecular complexity index is 970. The van der Waals surface area contributed by atoms with Gasteiger partial charge in [-0.3, -0.25) is 14.5 Å². The Labute approximate surface area is 175 Å². The highest BCUT2D eigenvalue weighted by molar-refractivity contribution is 7.22. The van der Waals surface area contributed by atoms with Crippen molar-refractivity contribution in [1.82, 2.24) is 10.3 Å². The number of carbonyl (C=O) groups excluding carboxylic acids is 2. The lowest BCUT2D eigenvalue weighted by Crippen LogP contribution is -2.34. The number of hydrogen-bond acceptors (Lipinski definition) is 4. The van der Waals surface area contributed by atoms with Gasteiger partial charge < -0.3 is 5.32 Å². The summed E-state index contributed by atoms with van der Waals surface area (Å²) >= 11 is 1.50. The average molecular weight is 410 g/mol. The van der Waals surface area contributed by atoms with Gasteiger partial charge in [0.2, 0.25) is 5.91 Å². The fourth-order valence-electron chi connectivity index (χ4n) is 3.04. The molecule has 152 valence electrons. The smallest absolute Gasteiger partial charge is 0.251 e. The zero-order valence-corrected chi connectivity index (χ0v) is 18.2. The number of benzene rings is 2. The van der Waals surface area contributed by atoms with E-state index in [2.05, 4.69) is 31.1 Å². The molecule has 0 aliphatic rings. The molecule has 3 aromatic rings. The van der Waals surface area contributed by atoms with Gasteiger partial charge in [0.15, 0.2) is 5.13 Å². The molecule has 2 aromatic carbocycles. The Balaban J connectivity index is 1.57. The summed E-state index contributed by atoms with van der Waals surface area (Å²) in [6.45, 7) is 9.18. The molecule has 0 aliphatic carbocycles. The zero-order valence-electron chi connectivity index (χ0n) is 17.4. The molecule has 0 saturated heterocycles. The fourth-order valence-corrected chi connectivity index (χ4v) is 4.08. The molecule has 1 aromatic heterocycles. The van der Waals surface area contributed by atoms with Crippen molar-refractivity contribution in [2.24, 2.45) is 0 Å². The van der Waals surface area contributed by atoms with Crippen LogP contribution < -0.4 is 10.2 Å². The Morgan fingerprint density at radius 3 is 2.38 bits per heavy atom. The normalized spacial score (nSPS) is 11.4. The van der Waals surface area contributed by atoms with Gasteiger partial charge in [0.05, 0.1) is 10.2 Å². The molecule has 0 aliphatic heterocycles. The van der Waals surface area contributed by atoms with Gasteiger partial charge in [0, 0.05) is 25.1 Å². The third kappa shape index (κ3) is 5.01. The highest BCUT2D eigenvalue weighted by Crippen LogP contribution is 2.28. The van der Waals surface area contributed by atoms with Crippen molar-refractivity contribution < 1.29 is 9.59 Å². The van der Waals surface area contributed by atoms with E-state index in [1.54, 1.807) is 4.90 Å². The van der Waals surface area contributed by atoms with Crippen LogP contribution in [-0.2, 0) is 10.2 Å². The van der Waals surface area contributed by atoms with Crippen LogP contribution in [0.25, 0.3) is 10.2 Å². The maximum absolute atomic E-state index is 12.7. The summed E-state index contributed by atoms with van der Waals surface area (Å²) < 4.78 is 1.06. The predicted molar refractivity (Wildman–Crippen MR) is 120 cm³/mol. The Morgan fingerprint density at radius 1 is 1.07 bits per heavy atom. The Hall–Kier alpha value is -2.73. The predicted octanol–water partition coefficient (Wildman–Crippen LogP) is 4.77. The van der Waals surface area contributed by atoms with Crippen molar-refractivity contribution in [3.63, 3.8) is 0 Å². The number of aromatic nitrogens is 1. The van der Waals surface area contributed by atoms with E-state index in [4.69, 9.17) is 0 Å². The van der Waals surface area contributed by atoms with Gasteiger partial charge in [-0.2, -0.15) is 0 Å². The van der Waals surface area contributed by atoms with Crippen LogP contribution in [0.5, 0.6) is 0 Å². The van der Waals surface area contributed by atoms with Crippen molar-refractivity contribution in [2.75, 3.05) is 18.0 Å². The van der Waals surface area contributed by atoms with Crippen LogP contribution in [0, 0.1) is 0 Å². The number of anilines is 1. The van der Waals surface area contributed by atoms with Gasteiger partial charge in [0.25, 0.3) is 5.91 Å². The number of carbonyl (C=O) groups is 2. The van der Waals surface area contributed by atoms with E-state index in [1.165, 1.54) is 16.9 Å². The van der Waals surface area contributed by atoms with E-state index >= 15 is 0 Å². The molecule has 0 saturated carbocycles. The second-order valence-electron chi connectivity index (χ2n) is 7.94. The average Bonchev–Trinajstić information content (AvgIpc) is 3.11. The first-order chi connectivity index (χ1) is 13.8. The molecule has 5 nitrogen and oxygen atoms in total. The molecule has 0 radical (unpaired) electrons. The van der Waals surface area contributed by atoms with Gasteiger partial charge >= 0.3 is 0 Å². The van der Waals surface area contributed by atoms with E-state index < -0.39 is 0 Å². The van der Waals surface area contributed by atoms with Crippen LogP contribution in [0.4, 0.5) is 5.13 Å². The molecule has 2 amide bonds. The summed E-state index contributed by atoms with van der Waals surface area (Å²) in [6, 6.07) is 15.5. The molecule has 1 heterocycles. The van der Waals surface area contributed by atoms with Gasteiger partial charge in [-0.15, -0.1) is 0 Å². The standard InChI is InChI=1S/C23H27N3O2S/c1-5-26(22-25-18-8-6-7-9-19(18)29-22)20(27)14-15-24-21(28)16-10-12-17(13-11-16)23(2,3)4/h6-13H,5,14-15H2,1-4H3,(H,24,28). The second kappa shape index (κ2) is 8.74. The highest BCUT2D eigenvalue weighted by atomic mass is 32.1. The lowest BCUT2D eigenvalue weighted by molar-refractivity contribution is -0.118. The number of thiazole rings is 1. The van der Waals surface area contributed by atoms with Crippen LogP contribution in [0.2, 0.25) is 0 Å². The van der Waals surface area contributed by atoms with Gasteiger partial charge in [-0.1, -0.05) is 56.4 Å². The zero-order chi connectivity index (χ0) is 21.0. The van der Waals surface area contributed by atoms with Crippen LogP contribution in [-0.4, -0.2) is 29.9 Å². The van der Waals surface area contributed by atoms with E-state index in [1.807, 2.05) is 55.5 Å². The van der Waals surface area contributed by atoms with Crippen molar-refractivity contribution in [3.8, 4) is 0 Å². The van der Waals surface area contributed by atoms with Crippen molar-refractivity contribution in [1.29, 1.82) is 0 Å². The summed E-state index contributed by atoms with van der Waals surface area (Å²) in [5.41, 5.74) is 2.72.